The molecule has 0 aliphatic rings. The van der Waals surface area contributed by atoms with Crippen LogP contribution in [0.2, 0.25) is 0 Å². The molecule has 0 radical (unpaired) electrons. The molecule has 10 nitrogen and oxygen atoms in total. The number of carbonyl (C=O) groups is 2. The Balaban J connectivity index is 1.53. The van der Waals surface area contributed by atoms with Gasteiger partial charge < -0.3 is 14.2 Å². The van der Waals surface area contributed by atoms with Crippen molar-refractivity contribution in [3.63, 3.8) is 0 Å². The second-order valence-corrected chi connectivity index (χ2v) is 7.03. The van der Waals surface area contributed by atoms with E-state index in [-0.39, 0.29) is 24.4 Å². The van der Waals surface area contributed by atoms with E-state index in [1.165, 1.54) is 25.1 Å². The smallest absolute Gasteiger partial charge is 0.269 e. The predicted molar refractivity (Wildman–Crippen MR) is 122 cm³/mol. The number of fused-ring (bicyclic) bond motifs is 1. The fourth-order valence-electron chi connectivity index (χ4n) is 3.18. The summed E-state index contributed by atoms with van der Waals surface area (Å²) in [6.07, 6.45) is 1.92. The van der Waals surface area contributed by atoms with Gasteiger partial charge in [-0.3, -0.25) is 29.8 Å². The van der Waals surface area contributed by atoms with Crippen LogP contribution in [0.15, 0.2) is 47.5 Å². The van der Waals surface area contributed by atoms with E-state index in [0.29, 0.717) is 46.7 Å². The molecule has 0 unspecified atom stereocenters. The molecule has 10 heteroatoms. The summed E-state index contributed by atoms with van der Waals surface area (Å²) < 4.78 is 17.2. The van der Waals surface area contributed by atoms with Crippen LogP contribution in [0, 0.1) is 0 Å². The molecule has 3 aromatic rings. The molecule has 2 amide bonds. The number of aryl methyl sites for hydroxylation is 1. The fourth-order valence-corrected chi connectivity index (χ4v) is 3.18. The molecule has 2 N–H and O–H groups in total. The van der Waals surface area contributed by atoms with Crippen molar-refractivity contribution in [3.8, 4) is 17.2 Å². The lowest BCUT2D eigenvalue weighted by Gasteiger charge is -2.11. The molecule has 1 heterocycles. The van der Waals surface area contributed by atoms with Gasteiger partial charge in [-0.05, 0) is 43.7 Å². The Labute approximate surface area is 190 Å². The molecule has 0 saturated carbocycles. The number of rotatable bonds is 9. The largest absolute Gasteiger partial charge is 0.494 e. The molecule has 0 atom stereocenters. The summed E-state index contributed by atoms with van der Waals surface area (Å²) in [7, 11) is 3.00. The number of nitrogens with one attached hydrogen (secondary N) is 2. The van der Waals surface area contributed by atoms with E-state index in [4.69, 9.17) is 14.2 Å². The molecule has 1 aromatic heterocycles. The van der Waals surface area contributed by atoms with Gasteiger partial charge in [0.15, 0.2) is 11.5 Å². The maximum Gasteiger partial charge on any atom is 0.269 e. The molecule has 174 valence electrons. The number of benzene rings is 2. The van der Waals surface area contributed by atoms with Gasteiger partial charge in [0, 0.05) is 24.6 Å². The first kappa shape index (κ1) is 23.6. The summed E-state index contributed by atoms with van der Waals surface area (Å²) in [6, 6.07) is 9.80. The maximum absolute atomic E-state index is 12.8. The highest BCUT2D eigenvalue weighted by atomic mass is 16.5. The lowest BCUT2D eigenvalue weighted by molar-refractivity contribution is -0.122. The van der Waals surface area contributed by atoms with E-state index in [1.54, 1.807) is 36.4 Å². The van der Waals surface area contributed by atoms with Crippen LogP contribution in [0.4, 0.5) is 0 Å². The maximum atomic E-state index is 12.8. The van der Waals surface area contributed by atoms with Crippen molar-refractivity contribution in [1.82, 2.24) is 20.4 Å². The van der Waals surface area contributed by atoms with Crippen LogP contribution in [0.25, 0.3) is 10.9 Å². The van der Waals surface area contributed by atoms with E-state index < -0.39 is 5.91 Å². The van der Waals surface area contributed by atoms with Crippen LogP contribution in [0.5, 0.6) is 17.2 Å². The summed E-state index contributed by atoms with van der Waals surface area (Å²) in [4.78, 5) is 41.3. The monoisotopic (exact) mass is 454 g/mol. The van der Waals surface area contributed by atoms with Gasteiger partial charge in [0.1, 0.15) is 5.75 Å². The first-order chi connectivity index (χ1) is 16.0. The number of methoxy groups -OCH3 is 2. The minimum Gasteiger partial charge on any atom is -0.494 e. The number of ether oxygens (including phenoxy) is 3. The van der Waals surface area contributed by atoms with Crippen LogP contribution in [0.1, 0.15) is 30.1 Å². The molecule has 0 spiro atoms. The van der Waals surface area contributed by atoms with Crippen LogP contribution in [-0.2, 0) is 11.3 Å². The zero-order valence-corrected chi connectivity index (χ0v) is 18.7. The number of carbonyl (C=O) groups excluding carboxylic acids is 2. The van der Waals surface area contributed by atoms with Gasteiger partial charge in [0.2, 0.25) is 5.91 Å². The molecular weight excluding hydrogens is 428 g/mol. The van der Waals surface area contributed by atoms with E-state index in [0.717, 1.165) is 0 Å². The zero-order chi connectivity index (χ0) is 23.8. The molecule has 0 aliphatic heterocycles. The lowest BCUT2D eigenvalue weighted by atomic mass is 10.2. The van der Waals surface area contributed by atoms with Crippen molar-refractivity contribution in [2.75, 3.05) is 20.8 Å². The summed E-state index contributed by atoms with van der Waals surface area (Å²) in [5.74, 6) is 0.769. The minimum atomic E-state index is -0.439. The van der Waals surface area contributed by atoms with Crippen molar-refractivity contribution in [3.05, 3.63) is 58.6 Å². The zero-order valence-electron chi connectivity index (χ0n) is 18.7. The Hall–Kier alpha value is -4.08. The highest BCUT2D eigenvalue weighted by Gasteiger charge is 2.12. The highest BCUT2D eigenvalue weighted by molar-refractivity contribution is 5.95. The summed E-state index contributed by atoms with van der Waals surface area (Å²) in [6.45, 7) is 2.69. The van der Waals surface area contributed by atoms with Crippen molar-refractivity contribution in [2.45, 2.75) is 26.3 Å². The van der Waals surface area contributed by atoms with Gasteiger partial charge in [-0.1, -0.05) is 0 Å². The third-order valence-electron chi connectivity index (χ3n) is 4.88. The summed E-state index contributed by atoms with van der Waals surface area (Å²) in [5.41, 5.74) is 5.38. The molecule has 2 aromatic carbocycles. The fraction of sp³-hybridized carbons (Fsp3) is 0.304. The molecular formula is C23H26N4O6. The van der Waals surface area contributed by atoms with Crippen LogP contribution >= 0.6 is 0 Å². The lowest BCUT2D eigenvalue weighted by Crippen LogP contribution is -2.41. The SMILES string of the molecule is CCOc1ccc(C(=O)NNC(=O)CCCn2cnc3cc(OC)c(OC)cc3c2=O)cc1. The quantitative estimate of drug-likeness (QED) is 0.475. The highest BCUT2D eigenvalue weighted by Crippen LogP contribution is 2.29. The molecule has 33 heavy (non-hydrogen) atoms. The Kier molecular flexibility index (Phi) is 7.85. The van der Waals surface area contributed by atoms with Gasteiger partial charge in [-0.25, -0.2) is 4.98 Å². The number of aromatic nitrogens is 2. The van der Waals surface area contributed by atoms with Crippen LogP contribution in [0.3, 0.4) is 0 Å². The standard InChI is InChI=1S/C23H26N4O6/c1-4-33-16-9-7-15(8-10-16)22(29)26-25-21(28)6-5-11-27-14-24-18-13-20(32-3)19(31-2)12-17(18)23(27)30/h7-10,12-14H,4-6,11H2,1-3H3,(H,25,28)(H,26,29). The normalized spacial score (nSPS) is 10.5. The Morgan fingerprint density at radius 3 is 2.39 bits per heavy atom. The number of hydrazine groups is 1. The predicted octanol–water partition coefficient (Wildman–Crippen LogP) is 2.05. The second-order valence-electron chi connectivity index (χ2n) is 7.03. The van der Waals surface area contributed by atoms with E-state index in [1.807, 2.05) is 6.92 Å². The first-order valence-electron chi connectivity index (χ1n) is 10.4. The number of nitrogens with zero attached hydrogens (tertiary/aromatic N) is 2. The van der Waals surface area contributed by atoms with Crippen LogP contribution < -0.4 is 30.6 Å². The third-order valence-corrected chi connectivity index (χ3v) is 4.88. The third kappa shape index (κ3) is 5.79. The molecule has 3 rings (SSSR count). The second kappa shape index (κ2) is 11.0. The van der Waals surface area contributed by atoms with Gasteiger partial charge in [-0.2, -0.15) is 0 Å². The van der Waals surface area contributed by atoms with Crippen LogP contribution in [-0.4, -0.2) is 42.2 Å². The molecule has 0 fully saturated rings. The average Bonchev–Trinajstić information content (AvgIpc) is 2.84. The van der Waals surface area contributed by atoms with E-state index in [2.05, 4.69) is 15.8 Å². The Morgan fingerprint density at radius 1 is 1.03 bits per heavy atom. The van der Waals surface area contributed by atoms with Gasteiger partial charge in [0.05, 0.1) is 38.1 Å². The van der Waals surface area contributed by atoms with E-state index in [9.17, 15) is 14.4 Å². The Bertz CT molecular complexity index is 1190. The molecule has 0 saturated heterocycles. The van der Waals surface area contributed by atoms with Crippen molar-refractivity contribution in [1.29, 1.82) is 0 Å². The van der Waals surface area contributed by atoms with Gasteiger partial charge in [0.25, 0.3) is 11.5 Å². The molecule has 0 aliphatic carbocycles. The summed E-state index contributed by atoms with van der Waals surface area (Å²) >= 11 is 0. The minimum absolute atomic E-state index is 0.111. The molecule has 0 bridgehead atoms. The number of hydrogen-bond donors (Lipinski definition) is 2. The number of amides is 2. The number of hydrogen-bond acceptors (Lipinski definition) is 7. The van der Waals surface area contributed by atoms with Crippen molar-refractivity contribution >= 4 is 22.7 Å². The van der Waals surface area contributed by atoms with E-state index >= 15 is 0 Å². The van der Waals surface area contributed by atoms with Gasteiger partial charge in [-0.15, -0.1) is 0 Å². The topological polar surface area (TPSA) is 121 Å². The van der Waals surface area contributed by atoms with Crippen molar-refractivity contribution in [2.24, 2.45) is 0 Å². The summed E-state index contributed by atoms with van der Waals surface area (Å²) in [5, 5.41) is 0.391. The first-order valence-corrected chi connectivity index (χ1v) is 10.4. The average molecular weight is 454 g/mol. The van der Waals surface area contributed by atoms with Gasteiger partial charge >= 0.3 is 0 Å². The van der Waals surface area contributed by atoms with Crippen molar-refractivity contribution < 1.29 is 23.8 Å². The Morgan fingerprint density at radius 2 is 1.73 bits per heavy atom.